The molecule has 10 heteroatoms. The smallest absolute Gasteiger partial charge is 0.410 e. The molecule has 0 bridgehead atoms. The number of hydrogen-bond acceptors (Lipinski definition) is 5. The maximum absolute atomic E-state index is 14.6. The van der Waals surface area contributed by atoms with Crippen LogP contribution in [0.3, 0.4) is 0 Å². The van der Waals surface area contributed by atoms with Gasteiger partial charge in [-0.05, 0) is 71.9 Å². The fraction of sp³-hybridized carbons (Fsp3) is 0.448. The van der Waals surface area contributed by atoms with Crippen molar-refractivity contribution in [2.75, 3.05) is 5.32 Å². The lowest BCUT2D eigenvalue weighted by Crippen LogP contribution is -2.51. The number of carbonyl (C=O) groups excluding carboxylic acids is 2. The number of halogens is 1. The van der Waals surface area contributed by atoms with Crippen molar-refractivity contribution < 1.29 is 18.7 Å². The zero-order chi connectivity index (χ0) is 28.2. The number of pyridine rings is 1. The van der Waals surface area contributed by atoms with Crippen molar-refractivity contribution in [3.63, 3.8) is 0 Å². The van der Waals surface area contributed by atoms with Gasteiger partial charge >= 0.3 is 6.09 Å². The molecule has 0 aliphatic carbocycles. The van der Waals surface area contributed by atoms with Gasteiger partial charge in [-0.3, -0.25) is 9.48 Å². The van der Waals surface area contributed by atoms with Gasteiger partial charge in [0.1, 0.15) is 11.1 Å². The van der Waals surface area contributed by atoms with E-state index in [2.05, 4.69) is 15.4 Å². The molecule has 0 radical (unpaired) electrons. The Kier molecular flexibility index (Phi) is 6.60. The second kappa shape index (κ2) is 9.66. The Balaban J connectivity index is 1.41. The average molecular weight is 535 g/mol. The Morgan fingerprint density at radius 2 is 1.79 bits per heavy atom. The maximum Gasteiger partial charge on any atom is 0.410 e. The lowest BCUT2D eigenvalue weighted by atomic mass is 9.81. The second-order valence-electron chi connectivity index (χ2n) is 11.7. The van der Waals surface area contributed by atoms with Gasteiger partial charge in [-0.2, -0.15) is 5.10 Å². The number of rotatable bonds is 3. The van der Waals surface area contributed by atoms with Crippen LogP contribution < -0.4 is 5.32 Å². The minimum Gasteiger partial charge on any atom is -0.444 e. The first kappa shape index (κ1) is 26.6. The van der Waals surface area contributed by atoms with Crippen molar-refractivity contribution in [1.82, 2.24) is 24.1 Å². The molecule has 1 aromatic carbocycles. The van der Waals surface area contributed by atoms with E-state index < -0.39 is 11.4 Å². The van der Waals surface area contributed by atoms with Gasteiger partial charge in [-0.1, -0.05) is 6.07 Å². The van der Waals surface area contributed by atoms with E-state index in [1.807, 2.05) is 58.8 Å². The number of fused-ring (bicyclic) bond motifs is 2. The third kappa shape index (κ3) is 5.20. The molecule has 1 fully saturated rings. The van der Waals surface area contributed by atoms with Crippen molar-refractivity contribution in [2.45, 2.75) is 78.0 Å². The van der Waals surface area contributed by atoms with E-state index in [-0.39, 0.29) is 35.6 Å². The molecule has 1 aliphatic heterocycles. The van der Waals surface area contributed by atoms with Crippen LogP contribution >= 0.6 is 0 Å². The highest BCUT2D eigenvalue weighted by molar-refractivity contribution is 6.12. The number of amides is 2. The van der Waals surface area contributed by atoms with Crippen LogP contribution in [0.15, 0.2) is 36.8 Å². The highest BCUT2D eigenvalue weighted by atomic mass is 19.1. The average Bonchev–Trinajstić information content (AvgIpc) is 3.38. The number of imidazole rings is 1. The predicted octanol–water partition coefficient (Wildman–Crippen LogP) is 5.81. The number of piperidine rings is 1. The number of ether oxygens (including phenoxy) is 1. The van der Waals surface area contributed by atoms with Gasteiger partial charge in [0.2, 0.25) is 0 Å². The van der Waals surface area contributed by atoms with E-state index in [9.17, 15) is 14.0 Å². The van der Waals surface area contributed by atoms with Crippen LogP contribution in [-0.2, 0) is 11.8 Å². The number of carbonyl (C=O) groups is 2. The highest BCUT2D eigenvalue weighted by Gasteiger charge is 2.37. The maximum atomic E-state index is 14.6. The first-order chi connectivity index (χ1) is 18.3. The molecular weight excluding hydrogens is 499 g/mol. The molecule has 5 rings (SSSR count). The molecule has 1 unspecified atom stereocenters. The van der Waals surface area contributed by atoms with Crippen molar-refractivity contribution in [3.8, 4) is 0 Å². The van der Waals surface area contributed by atoms with E-state index in [1.165, 1.54) is 6.07 Å². The Bertz CT molecular complexity index is 1570. The van der Waals surface area contributed by atoms with E-state index in [0.29, 0.717) is 22.5 Å². The van der Waals surface area contributed by atoms with Gasteiger partial charge in [0.25, 0.3) is 5.91 Å². The minimum atomic E-state index is -0.555. The molecule has 0 spiro atoms. The normalized spacial score (nSPS) is 20.0. The number of aryl methyl sites for hydroxylation is 2. The molecule has 3 aromatic heterocycles. The molecule has 1 saturated heterocycles. The van der Waals surface area contributed by atoms with Crippen LogP contribution in [0.2, 0.25) is 0 Å². The Labute approximate surface area is 226 Å². The topological polar surface area (TPSA) is 93.8 Å². The molecule has 39 heavy (non-hydrogen) atoms. The van der Waals surface area contributed by atoms with Crippen LogP contribution in [-0.4, -0.2) is 53.8 Å². The quantitative estimate of drug-likeness (QED) is 0.358. The molecular formula is C29H35FN6O3. The minimum absolute atomic E-state index is 0.0140. The summed E-state index contributed by atoms with van der Waals surface area (Å²) in [6.07, 6.45) is 6.51. The van der Waals surface area contributed by atoms with Crippen molar-refractivity contribution in [2.24, 2.45) is 7.05 Å². The Morgan fingerprint density at radius 1 is 1.10 bits per heavy atom. The summed E-state index contributed by atoms with van der Waals surface area (Å²) >= 11 is 0. The molecule has 206 valence electrons. The third-order valence-electron chi connectivity index (χ3n) is 7.20. The van der Waals surface area contributed by atoms with Crippen molar-refractivity contribution >= 4 is 34.2 Å². The van der Waals surface area contributed by atoms with Crippen molar-refractivity contribution in [3.05, 3.63) is 59.4 Å². The molecule has 1 aliphatic rings. The summed E-state index contributed by atoms with van der Waals surface area (Å²) in [5, 5.41) is 8.32. The predicted molar refractivity (Wildman–Crippen MR) is 148 cm³/mol. The van der Waals surface area contributed by atoms with Gasteiger partial charge < -0.3 is 19.4 Å². The van der Waals surface area contributed by atoms with Crippen LogP contribution in [0.4, 0.5) is 14.9 Å². The van der Waals surface area contributed by atoms with Crippen LogP contribution in [0.25, 0.3) is 16.6 Å². The monoisotopic (exact) mass is 534 g/mol. The Morgan fingerprint density at radius 3 is 2.46 bits per heavy atom. The fourth-order valence-electron chi connectivity index (χ4n) is 5.74. The van der Waals surface area contributed by atoms with E-state index in [0.717, 1.165) is 23.8 Å². The first-order valence-corrected chi connectivity index (χ1v) is 13.2. The summed E-state index contributed by atoms with van der Waals surface area (Å²) in [7, 11) is 1.83. The highest BCUT2D eigenvalue weighted by Crippen LogP contribution is 2.39. The van der Waals surface area contributed by atoms with E-state index in [1.54, 1.807) is 34.5 Å². The lowest BCUT2D eigenvalue weighted by Gasteiger charge is -2.43. The number of nitrogens with zero attached hydrogens (tertiary/aromatic N) is 5. The number of benzene rings is 1. The molecule has 2 amide bonds. The van der Waals surface area contributed by atoms with Crippen molar-refractivity contribution in [1.29, 1.82) is 0 Å². The first-order valence-electron chi connectivity index (χ1n) is 13.2. The molecule has 4 heterocycles. The number of likely N-dealkylation sites (tertiary alicyclic amines) is 1. The number of nitrogens with one attached hydrogen (secondary N) is 1. The van der Waals surface area contributed by atoms with Crippen LogP contribution in [0.1, 0.15) is 75.0 Å². The largest absolute Gasteiger partial charge is 0.444 e. The molecule has 4 aromatic rings. The standard InChI is InChI=1S/C29H35FN6O3/c1-16-13-35-14-20(12-24(30)26(35)31-16)32-27(37)22-9-8-21(23-15-34(7)33-25(22)23)19-10-17(2)36(18(3)11-19)28(38)39-29(4,5)6/h8-9,12-15,17-19H,10-11H2,1-7H3,(H,32,37)/t17-,18+,19?. The van der Waals surface area contributed by atoms with Crippen LogP contribution in [0, 0.1) is 12.7 Å². The Hall–Kier alpha value is -3.95. The summed E-state index contributed by atoms with van der Waals surface area (Å²) in [4.78, 5) is 32.2. The summed E-state index contributed by atoms with van der Waals surface area (Å²) < 4.78 is 23.5. The second-order valence-corrected chi connectivity index (χ2v) is 11.7. The van der Waals surface area contributed by atoms with Crippen LogP contribution in [0.5, 0.6) is 0 Å². The zero-order valence-corrected chi connectivity index (χ0v) is 23.4. The number of anilines is 1. The van der Waals surface area contributed by atoms with Gasteiger partial charge in [0.15, 0.2) is 11.5 Å². The number of aromatic nitrogens is 4. The van der Waals surface area contributed by atoms with Gasteiger partial charge in [-0.15, -0.1) is 0 Å². The van der Waals surface area contributed by atoms with Gasteiger partial charge in [0.05, 0.1) is 16.9 Å². The fourth-order valence-corrected chi connectivity index (χ4v) is 5.74. The SMILES string of the molecule is Cc1cn2cc(NC(=O)c3ccc(C4C[C@@H](C)N(C(=O)OC(C)(C)C)[C@@H](C)C4)c4cn(C)nc34)cc(F)c2n1. The summed E-state index contributed by atoms with van der Waals surface area (Å²) in [5.74, 6) is -0.707. The summed E-state index contributed by atoms with van der Waals surface area (Å²) in [6.45, 7) is 11.5. The van der Waals surface area contributed by atoms with E-state index >= 15 is 0 Å². The molecule has 0 saturated carbocycles. The zero-order valence-electron chi connectivity index (χ0n) is 23.4. The van der Waals surface area contributed by atoms with E-state index in [4.69, 9.17) is 4.74 Å². The van der Waals surface area contributed by atoms with Gasteiger partial charge in [0, 0.05) is 49.2 Å². The van der Waals surface area contributed by atoms with Gasteiger partial charge in [-0.25, -0.2) is 14.2 Å². The molecule has 3 atom stereocenters. The summed E-state index contributed by atoms with van der Waals surface area (Å²) in [6, 6.07) is 5.01. The molecule has 9 nitrogen and oxygen atoms in total. The number of hydrogen-bond donors (Lipinski definition) is 1. The molecule has 1 N–H and O–H groups in total. The third-order valence-corrected chi connectivity index (χ3v) is 7.20. The summed E-state index contributed by atoms with van der Waals surface area (Å²) in [5.41, 5.74) is 2.76. The lowest BCUT2D eigenvalue weighted by molar-refractivity contribution is -0.00250.